The third-order valence-electron chi connectivity index (χ3n) is 3.07. The van der Waals surface area contributed by atoms with Crippen molar-refractivity contribution in [3.8, 4) is 22.1 Å². The summed E-state index contributed by atoms with van der Waals surface area (Å²) in [6.07, 6.45) is 0. The van der Waals surface area contributed by atoms with E-state index in [4.69, 9.17) is 4.52 Å². The monoisotopic (exact) mass is 358 g/mol. The van der Waals surface area contributed by atoms with Crippen LogP contribution < -0.4 is 0 Å². The van der Waals surface area contributed by atoms with Crippen LogP contribution in [0.25, 0.3) is 16.4 Å². The maximum Gasteiger partial charge on any atom is 0.237 e. The number of hydrogen-bond acceptors (Lipinski definition) is 9. The largest absolute Gasteiger partial charge is 0.508 e. The Labute approximate surface area is 144 Å². The lowest BCUT2D eigenvalue weighted by molar-refractivity contribution is 0.391. The Morgan fingerprint density at radius 3 is 2.88 bits per heavy atom. The number of thioether (sulfide) groups is 1. The van der Waals surface area contributed by atoms with Crippen LogP contribution in [0, 0.1) is 0 Å². The molecule has 120 valence electrons. The Morgan fingerprint density at radius 1 is 1.21 bits per heavy atom. The SMILES string of the molecule is Oc1ccc(-n2nnnc2SCc2nc(-c3cccs3)no2)cc1. The van der Waals surface area contributed by atoms with Gasteiger partial charge in [0.1, 0.15) is 5.75 Å². The van der Waals surface area contributed by atoms with Gasteiger partial charge in [-0.25, -0.2) is 0 Å². The van der Waals surface area contributed by atoms with Gasteiger partial charge in [0.2, 0.25) is 16.9 Å². The number of tetrazole rings is 1. The molecule has 0 atom stereocenters. The number of phenolic OH excluding ortho intramolecular Hbond substituents is 1. The topological polar surface area (TPSA) is 103 Å². The van der Waals surface area contributed by atoms with Crippen LogP contribution >= 0.6 is 23.1 Å². The fourth-order valence-electron chi connectivity index (χ4n) is 1.97. The smallest absolute Gasteiger partial charge is 0.237 e. The fraction of sp³-hybridized carbons (Fsp3) is 0.0714. The summed E-state index contributed by atoms with van der Waals surface area (Å²) in [4.78, 5) is 5.33. The molecule has 24 heavy (non-hydrogen) atoms. The molecule has 3 aromatic heterocycles. The van der Waals surface area contributed by atoms with E-state index < -0.39 is 0 Å². The molecule has 1 aromatic carbocycles. The molecule has 0 saturated carbocycles. The summed E-state index contributed by atoms with van der Waals surface area (Å²) in [7, 11) is 0. The van der Waals surface area contributed by atoms with Gasteiger partial charge in [-0.05, 0) is 46.1 Å². The van der Waals surface area contributed by atoms with Crippen molar-refractivity contribution in [1.29, 1.82) is 0 Å². The summed E-state index contributed by atoms with van der Waals surface area (Å²) in [5.41, 5.74) is 0.755. The van der Waals surface area contributed by atoms with E-state index in [2.05, 4.69) is 25.7 Å². The molecule has 0 saturated heterocycles. The van der Waals surface area contributed by atoms with Crippen LogP contribution in [0.5, 0.6) is 5.75 Å². The van der Waals surface area contributed by atoms with Crippen LogP contribution in [0.1, 0.15) is 5.89 Å². The minimum Gasteiger partial charge on any atom is -0.508 e. The lowest BCUT2D eigenvalue weighted by Gasteiger charge is -2.02. The number of aromatic hydroxyl groups is 1. The predicted octanol–water partition coefficient (Wildman–Crippen LogP) is 2.77. The Kier molecular flexibility index (Phi) is 3.97. The van der Waals surface area contributed by atoms with Crippen molar-refractivity contribution >= 4 is 23.1 Å². The number of phenols is 1. The molecule has 3 heterocycles. The minimum absolute atomic E-state index is 0.188. The molecule has 0 radical (unpaired) electrons. The average Bonchev–Trinajstić information content (AvgIpc) is 3.34. The lowest BCUT2D eigenvalue weighted by Crippen LogP contribution is -1.98. The van der Waals surface area contributed by atoms with Gasteiger partial charge in [-0.3, -0.25) is 0 Å². The van der Waals surface area contributed by atoms with Crippen molar-refractivity contribution in [1.82, 2.24) is 30.3 Å². The highest BCUT2D eigenvalue weighted by Crippen LogP contribution is 2.25. The Bertz CT molecular complexity index is 933. The quantitative estimate of drug-likeness (QED) is 0.543. The Hall–Kier alpha value is -2.72. The Balaban J connectivity index is 1.49. The molecular weight excluding hydrogens is 348 g/mol. The maximum atomic E-state index is 9.36. The van der Waals surface area contributed by atoms with Gasteiger partial charge in [0.25, 0.3) is 0 Å². The third-order valence-corrected chi connectivity index (χ3v) is 4.84. The van der Waals surface area contributed by atoms with Gasteiger partial charge >= 0.3 is 0 Å². The number of nitrogens with zero attached hydrogens (tertiary/aromatic N) is 6. The molecule has 0 unspecified atom stereocenters. The first-order valence-corrected chi connectivity index (χ1v) is 8.73. The van der Waals surface area contributed by atoms with Crippen molar-refractivity contribution in [3.63, 3.8) is 0 Å². The summed E-state index contributed by atoms with van der Waals surface area (Å²) < 4.78 is 6.85. The zero-order chi connectivity index (χ0) is 16.4. The van der Waals surface area contributed by atoms with Crippen molar-refractivity contribution in [2.24, 2.45) is 0 Å². The molecule has 0 bridgehead atoms. The van der Waals surface area contributed by atoms with E-state index >= 15 is 0 Å². The van der Waals surface area contributed by atoms with E-state index in [1.165, 1.54) is 11.8 Å². The molecule has 8 nitrogen and oxygen atoms in total. The fourth-order valence-corrected chi connectivity index (χ4v) is 3.35. The zero-order valence-electron chi connectivity index (χ0n) is 12.1. The van der Waals surface area contributed by atoms with E-state index in [0.29, 0.717) is 22.6 Å². The van der Waals surface area contributed by atoms with Crippen molar-refractivity contribution in [2.75, 3.05) is 0 Å². The molecule has 4 rings (SSSR count). The van der Waals surface area contributed by atoms with Crippen molar-refractivity contribution < 1.29 is 9.63 Å². The van der Waals surface area contributed by atoms with Gasteiger partial charge < -0.3 is 9.63 Å². The number of thiophene rings is 1. The second kappa shape index (κ2) is 6.42. The standard InChI is InChI=1S/C14H10N6O2S2/c21-10-5-3-9(4-6-10)20-14(16-18-19-20)24-8-12-15-13(17-22-12)11-2-1-7-23-11/h1-7,21H,8H2. The molecule has 0 aliphatic carbocycles. The van der Waals surface area contributed by atoms with Crippen LogP contribution in [0.15, 0.2) is 51.5 Å². The molecule has 10 heteroatoms. The Morgan fingerprint density at radius 2 is 2.08 bits per heavy atom. The van der Waals surface area contributed by atoms with E-state index in [1.54, 1.807) is 40.3 Å². The second-order valence-corrected chi connectivity index (χ2v) is 6.56. The normalized spacial score (nSPS) is 11.0. The molecular formula is C14H10N6O2S2. The molecule has 0 amide bonds. The van der Waals surface area contributed by atoms with Gasteiger partial charge in [-0.2, -0.15) is 9.67 Å². The maximum absolute atomic E-state index is 9.36. The number of rotatable bonds is 5. The summed E-state index contributed by atoms with van der Waals surface area (Å²) in [5, 5.41) is 27.6. The number of benzene rings is 1. The summed E-state index contributed by atoms with van der Waals surface area (Å²) in [6.45, 7) is 0. The van der Waals surface area contributed by atoms with E-state index in [9.17, 15) is 5.11 Å². The van der Waals surface area contributed by atoms with E-state index in [-0.39, 0.29) is 5.75 Å². The molecule has 4 aromatic rings. The average molecular weight is 358 g/mol. The van der Waals surface area contributed by atoms with Gasteiger partial charge in [0.15, 0.2) is 0 Å². The molecule has 0 aliphatic heterocycles. The second-order valence-electron chi connectivity index (χ2n) is 4.67. The number of hydrogen-bond donors (Lipinski definition) is 1. The molecule has 0 spiro atoms. The molecule has 1 N–H and O–H groups in total. The third kappa shape index (κ3) is 3.01. The first-order valence-electron chi connectivity index (χ1n) is 6.86. The van der Waals surface area contributed by atoms with Gasteiger partial charge in [0.05, 0.1) is 16.3 Å². The highest BCUT2D eigenvalue weighted by atomic mass is 32.2. The van der Waals surface area contributed by atoms with Crippen LogP contribution in [0.4, 0.5) is 0 Å². The van der Waals surface area contributed by atoms with Gasteiger partial charge in [-0.1, -0.05) is 23.0 Å². The summed E-state index contributed by atoms with van der Waals surface area (Å²) >= 11 is 2.95. The van der Waals surface area contributed by atoms with Crippen LogP contribution in [-0.2, 0) is 5.75 Å². The van der Waals surface area contributed by atoms with Gasteiger partial charge in [0, 0.05) is 0 Å². The predicted molar refractivity (Wildman–Crippen MR) is 88.0 cm³/mol. The van der Waals surface area contributed by atoms with Crippen LogP contribution in [-0.4, -0.2) is 35.5 Å². The zero-order valence-corrected chi connectivity index (χ0v) is 13.7. The van der Waals surface area contributed by atoms with Crippen molar-refractivity contribution in [3.05, 3.63) is 47.7 Å². The first-order chi connectivity index (χ1) is 11.8. The van der Waals surface area contributed by atoms with Crippen LogP contribution in [0.2, 0.25) is 0 Å². The van der Waals surface area contributed by atoms with E-state index in [1.807, 2.05) is 17.5 Å². The van der Waals surface area contributed by atoms with E-state index in [0.717, 1.165) is 10.6 Å². The highest BCUT2D eigenvalue weighted by Gasteiger charge is 2.13. The van der Waals surface area contributed by atoms with Crippen molar-refractivity contribution in [2.45, 2.75) is 10.9 Å². The summed E-state index contributed by atoms with van der Waals surface area (Å²) in [5.74, 6) is 1.73. The number of aromatic nitrogens is 6. The molecule has 0 fully saturated rings. The molecule has 0 aliphatic rings. The minimum atomic E-state index is 0.188. The van der Waals surface area contributed by atoms with Gasteiger partial charge in [-0.15, -0.1) is 16.4 Å². The highest BCUT2D eigenvalue weighted by molar-refractivity contribution is 7.98. The lowest BCUT2D eigenvalue weighted by atomic mass is 10.3. The summed E-state index contributed by atoms with van der Waals surface area (Å²) in [6, 6.07) is 10.5. The van der Waals surface area contributed by atoms with Crippen LogP contribution in [0.3, 0.4) is 0 Å². The first kappa shape index (κ1) is 14.8.